The van der Waals surface area contributed by atoms with Crippen LogP contribution in [0.3, 0.4) is 0 Å². The van der Waals surface area contributed by atoms with Gasteiger partial charge in [0.2, 0.25) is 0 Å². The Kier molecular flexibility index (Phi) is 4.60. The number of nitrogens with zero attached hydrogens (tertiary/aromatic N) is 5. The highest BCUT2D eigenvalue weighted by molar-refractivity contribution is 5.25. The first-order chi connectivity index (χ1) is 11.8. The van der Waals surface area contributed by atoms with Gasteiger partial charge < -0.3 is 5.11 Å². The molecule has 3 heterocycles. The SMILES string of the molecule is OC(CN1CCN(Cc2ccc(-n3ccnc3)nc2)CC1)C1CC1. The van der Waals surface area contributed by atoms with Crippen LogP contribution in [0.15, 0.2) is 37.1 Å². The molecule has 2 aromatic heterocycles. The maximum Gasteiger partial charge on any atom is 0.137 e. The minimum atomic E-state index is -0.114. The Morgan fingerprint density at radius 1 is 1.12 bits per heavy atom. The van der Waals surface area contributed by atoms with E-state index in [1.165, 1.54) is 18.4 Å². The third kappa shape index (κ3) is 3.83. The van der Waals surface area contributed by atoms with Crippen molar-refractivity contribution < 1.29 is 5.11 Å². The van der Waals surface area contributed by atoms with Crippen molar-refractivity contribution in [1.82, 2.24) is 24.3 Å². The fraction of sp³-hybridized carbons (Fsp3) is 0.556. The van der Waals surface area contributed by atoms with Gasteiger partial charge in [0.15, 0.2) is 0 Å². The average molecular weight is 327 g/mol. The summed E-state index contributed by atoms with van der Waals surface area (Å²) in [6, 6.07) is 4.19. The molecule has 6 heteroatoms. The van der Waals surface area contributed by atoms with Gasteiger partial charge in [-0.1, -0.05) is 6.07 Å². The van der Waals surface area contributed by atoms with E-state index in [1.807, 2.05) is 23.0 Å². The molecule has 0 bridgehead atoms. The lowest BCUT2D eigenvalue weighted by atomic mass is 10.2. The van der Waals surface area contributed by atoms with Crippen molar-refractivity contribution in [1.29, 1.82) is 0 Å². The van der Waals surface area contributed by atoms with Crippen molar-refractivity contribution in [2.75, 3.05) is 32.7 Å². The number of aromatic nitrogens is 3. The highest BCUT2D eigenvalue weighted by Crippen LogP contribution is 2.32. The molecule has 0 amide bonds. The molecule has 1 atom stereocenters. The van der Waals surface area contributed by atoms with Gasteiger partial charge in [-0.05, 0) is 30.4 Å². The summed E-state index contributed by atoms with van der Waals surface area (Å²) in [6.07, 6.45) is 9.69. The molecule has 0 radical (unpaired) electrons. The van der Waals surface area contributed by atoms with Gasteiger partial charge in [0, 0.05) is 57.9 Å². The third-order valence-corrected chi connectivity index (χ3v) is 5.06. The molecule has 2 fully saturated rings. The van der Waals surface area contributed by atoms with Crippen LogP contribution in [0.25, 0.3) is 5.82 Å². The van der Waals surface area contributed by atoms with Crippen molar-refractivity contribution in [3.8, 4) is 5.82 Å². The topological polar surface area (TPSA) is 57.4 Å². The summed E-state index contributed by atoms with van der Waals surface area (Å²) in [5, 5.41) is 10.1. The maximum atomic E-state index is 10.1. The number of rotatable bonds is 6. The number of piperazine rings is 1. The van der Waals surface area contributed by atoms with E-state index in [2.05, 4.69) is 25.8 Å². The fourth-order valence-electron chi connectivity index (χ4n) is 3.34. The molecule has 1 saturated carbocycles. The molecule has 4 rings (SSSR count). The number of imidazole rings is 1. The normalized spacial score (nSPS) is 21.0. The van der Waals surface area contributed by atoms with Gasteiger partial charge in [0.25, 0.3) is 0 Å². The molecular formula is C18H25N5O. The first kappa shape index (κ1) is 15.7. The van der Waals surface area contributed by atoms with Crippen LogP contribution < -0.4 is 0 Å². The molecule has 6 nitrogen and oxygen atoms in total. The molecule has 1 unspecified atom stereocenters. The second-order valence-electron chi connectivity index (χ2n) is 6.98. The van der Waals surface area contributed by atoms with E-state index >= 15 is 0 Å². The molecule has 1 N–H and O–H groups in total. The van der Waals surface area contributed by atoms with Gasteiger partial charge in [-0.3, -0.25) is 14.4 Å². The molecule has 0 spiro atoms. The number of pyridine rings is 1. The van der Waals surface area contributed by atoms with Crippen molar-refractivity contribution in [2.45, 2.75) is 25.5 Å². The van der Waals surface area contributed by atoms with E-state index < -0.39 is 0 Å². The summed E-state index contributed by atoms with van der Waals surface area (Å²) in [5.74, 6) is 1.47. The van der Waals surface area contributed by atoms with Crippen molar-refractivity contribution >= 4 is 0 Å². The van der Waals surface area contributed by atoms with E-state index in [4.69, 9.17) is 0 Å². The Hall–Kier alpha value is -1.76. The molecule has 1 aliphatic carbocycles. The zero-order valence-electron chi connectivity index (χ0n) is 14.0. The van der Waals surface area contributed by atoms with Gasteiger partial charge in [0.05, 0.1) is 6.10 Å². The monoisotopic (exact) mass is 327 g/mol. The van der Waals surface area contributed by atoms with E-state index in [0.717, 1.165) is 45.1 Å². The lowest BCUT2D eigenvalue weighted by Crippen LogP contribution is -2.48. The van der Waals surface area contributed by atoms with Crippen molar-refractivity contribution in [3.63, 3.8) is 0 Å². The lowest BCUT2D eigenvalue weighted by molar-refractivity contribution is 0.0601. The minimum absolute atomic E-state index is 0.114. The number of hydrogen-bond donors (Lipinski definition) is 1. The fourth-order valence-corrected chi connectivity index (χ4v) is 3.34. The van der Waals surface area contributed by atoms with Gasteiger partial charge in [-0.25, -0.2) is 9.97 Å². The quantitative estimate of drug-likeness (QED) is 0.863. The number of aliphatic hydroxyl groups excluding tert-OH is 1. The molecule has 1 aliphatic heterocycles. The second kappa shape index (κ2) is 7.01. The van der Waals surface area contributed by atoms with Gasteiger partial charge >= 0.3 is 0 Å². The summed E-state index contributed by atoms with van der Waals surface area (Å²) in [5.41, 5.74) is 1.24. The zero-order valence-corrected chi connectivity index (χ0v) is 14.0. The average Bonchev–Trinajstić information content (AvgIpc) is 3.32. The van der Waals surface area contributed by atoms with Crippen LogP contribution in [0.1, 0.15) is 18.4 Å². The number of β-amino-alcohol motifs (C(OH)–C–C–N with tert-alkyl or cyclic N) is 1. The third-order valence-electron chi connectivity index (χ3n) is 5.06. The summed E-state index contributed by atoms with van der Waals surface area (Å²) in [7, 11) is 0. The molecule has 0 aromatic carbocycles. The molecule has 24 heavy (non-hydrogen) atoms. The van der Waals surface area contributed by atoms with Gasteiger partial charge in [0.1, 0.15) is 12.1 Å². The lowest BCUT2D eigenvalue weighted by Gasteiger charge is -2.35. The standard InChI is InChI=1S/C18H25N5O/c24-17(16-2-3-16)13-22-9-7-21(8-10-22)12-15-1-4-18(20-11-15)23-6-5-19-14-23/h1,4-6,11,14,16-17,24H,2-3,7-10,12-13H2. The summed E-state index contributed by atoms with van der Waals surface area (Å²) in [6.45, 7) is 5.99. The molecule has 1 saturated heterocycles. The van der Waals surface area contributed by atoms with Crippen molar-refractivity contribution in [3.05, 3.63) is 42.6 Å². The zero-order chi connectivity index (χ0) is 16.4. The van der Waals surface area contributed by atoms with Crippen LogP contribution in [0, 0.1) is 5.92 Å². The van der Waals surface area contributed by atoms with Crippen molar-refractivity contribution in [2.24, 2.45) is 5.92 Å². The van der Waals surface area contributed by atoms with Crippen LogP contribution in [0.4, 0.5) is 0 Å². The van der Waals surface area contributed by atoms with E-state index in [-0.39, 0.29) is 6.10 Å². The van der Waals surface area contributed by atoms with E-state index in [9.17, 15) is 5.11 Å². The van der Waals surface area contributed by atoms with Crippen LogP contribution >= 0.6 is 0 Å². The number of hydrogen-bond acceptors (Lipinski definition) is 5. The molecule has 2 aliphatic rings. The second-order valence-corrected chi connectivity index (χ2v) is 6.98. The Bertz CT molecular complexity index is 630. The summed E-state index contributed by atoms with van der Waals surface area (Å²) < 4.78 is 1.91. The first-order valence-corrected chi connectivity index (χ1v) is 8.84. The molecule has 2 aromatic rings. The van der Waals surface area contributed by atoms with E-state index in [0.29, 0.717) is 5.92 Å². The molecular weight excluding hydrogens is 302 g/mol. The van der Waals surface area contributed by atoms with Crippen LogP contribution in [-0.4, -0.2) is 68.3 Å². The highest BCUT2D eigenvalue weighted by atomic mass is 16.3. The van der Waals surface area contributed by atoms with Gasteiger partial charge in [-0.2, -0.15) is 0 Å². The van der Waals surface area contributed by atoms with Gasteiger partial charge in [-0.15, -0.1) is 0 Å². The summed E-state index contributed by atoms with van der Waals surface area (Å²) in [4.78, 5) is 13.4. The van der Waals surface area contributed by atoms with E-state index in [1.54, 1.807) is 12.5 Å². The first-order valence-electron chi connectivity index (χ1n) is 8.84. The molecule has 128 valence electrons. The van der Waals surface area contributed by atoms with Crippen LogP contribution in [-0.2, 0) is 6.54 Å². The largest absolute Gasteiger partial charge is 0.392 e. The Morgan fingerprint density at radius 2 is 1.92 bits per heavy atom. The minimum Gasteiger partial charge on any atom is -0.392 e. The summed E-state index contributed by atoms with van der Waals surface area (Å²) >= 11 is 0. The van der Waals surface area contributed by atoms with Crippen LogP contribution in [0.5, 0.6) is 0 Å². The highest BCUT2D eigenvalue weighted by Gasteiger charge is 2.31. The Labute approximate surface area is 142 Å². The number of aliphatic hydroxyl groups is 1. The Morgan fingerprint density at radius 3 is 2.54 bits per heavy atom. The van der Waals surface area contributed by atoms with Crippen LogP contribution in [0.2, 0.25) is 0 Å². The Balaban J connectivity index is 1.26. The predicted octanol–water partition coefficient (Wildman–Crippen LogP) is 1.16. The predicted molar refractivity (Wildman–Crippen MR) is 91.8 cm³/mol. The maximum absolute atomic E-state index is 10.1. The smallest absolute Gasteiger partial charge is 0.137 e.